The Balaban J connectivity index is 1.92. The number of carbonyl (C=O) groups is 3. The molecular formula is C19H14N3O5-. The van der Waals surface area contributed by atoms with Gasteiger partial charge in [-0.05, 0) is 25.1 Å². The lowest BCUT2D eigenvalue weighted by atomic mass is 10.1. The van der Waals surface area contributed by atoms with E-state index in [-0.39, 0.29) is 16.6 Å². The largest absolute Gasteiger partial charge is 0.543 e. The van der Waals surface area contributed by atoms with Crippen LogP contribution < -0.4 is 16.0 Å². The van der Waals surface area contributed by atoms with Crippen molar-refractivity contribution < 1.29 is 19.5 Å². The molecule has 136 valence electrons. The zero-order valence-electron chi connectivity index (χ0n) is 14.3. The van der Waals surface area contributed by atoms with Crippen molar-refractivity contribution in [2.45, 2.75) is 13.5 Å². The maximum Gasteiger partial charge on any atom is 0.275 e. The zero-order valence-corrected chi connectivity index (χ0v) is 14.3. The summed E-state index contributed by atoms with van der Waals surface area (Å²) in [6.07, 6.45) is 0. The predicted molar refractivity (Wildman–Crippen MR) is 95.4 cm³/mol. The molecule has 0 aliphatic carbocycles. The van der Waals surface area contributed by atoms with Crippen LogP contribution in [-0.2, 0) is 11.3 Å². The third-order valence-corrected chi connectivity index (χ3v) is 3.91. The molecule has 0 saturated heterocycles. The maximum atomic E-state index is 12.5. The van der Waals surface area contributed by atoms with Crippen LogP contribution >= 0.6 is 0 Å². The van der Waals surface area contributed by atoms with Crippen molar-refractivity contribution in [1.82, 2.24) is 9.78 Å². The van der Waals surface area contributed by atoms with E-state index in [9.17, 15) is 24.3 Å². The molecule has 1 amide bonds. The summed E-state index contributed by atoms with van der Waals surface area (Å²) < 4.78 is 0.775. The molecule has 8 heteroatoms. The third-order valence-electron chi connectivity index (χ3n) is 3.91. The number of Topliss-reactive ketones (excluding diaryl/α,β-unsaturated/α-hetero) is 1. The summed E-state index contributed by atoms with van der Waals surface area (Å²) in [5, 5.41) is 17.9. The van der Waals surface area contributed by atoms with E-state index >= 15 is 0 Å². The Bertz CT molecular complexity index is 1130. The second kappa shape index (κ2) is 7.20. The molecule has 8 nitrogen and oxygen atoms in total. The Morgan fingerprint density at radius 2 is 1.78 bits per heavy atom. The second-order valence-corrected chi connectivity index (χ2v) is 5.83. The monoisotopic (exact) mass is 364 g/mol. The minimum absolute atomic E-state index is 0.123. The molecule has 0 unspecified atom stereocenters. The van der Waals surface area contributed by atoms with Crippen LogP contribution in [-0.4, -0.2) is 27.4 Å². The molecule has 1 aromatic heterocycles. The van der Waals surface area contributed by atoms with Gasteiger partial charge in [-0.15, -0.1) is 0 Å². The van der Waals surface area contributed by atoms with E-state index in [2.05, 4.69) is 10.4 Å². The van der Waals surface area contributed by atoms with Crippen LogP contribution in [0, 0.1) is 0 Å². The first-order valence-corrected chi connectivity index (χ1v) is 7.99. The number of nitrogens with one attached hydrogen (secondary N) is 1. The van der Waals surface area contributed by atoms with Gasteiger partial charge in [0.15, 0.2) is 5.78 Å². The second-order valence-electron chi connectivity index (χ2n) is 5.83. The number of benzene rings is 2. The van der Waals surface area contributed by atoms with Crippen LogP contribution in [0.3, 0.4) is 0 Å². The number of aromatic carboxylic acids is 1. The Kier molecular flexibility index (Phi) is 4.80. The SMILES string of the molecule is CC(=O)c1cccc(NC(=O)Cn2nc(C(=O)[O-])c3ccccc3c2=O)c1. The standard InChI is InChI=1S/C19H15N3O5/c1-11(23)12-5-4-6-13(9-12)20-16(24)10-22-18(25)15-8-3-2-7-14(15)17(21-22)19(26)27/h2-9H,10H2,1H3,(H,20,24)(H,26,27)/p-1. The number of ketones is 1. The summed E-state index contributed by atoms with van der Waals surface area (Å²) in [6, 6.07) is 12.4. The quantitative estimate of drug-likeness (QED) is 0.662. The van der Waals surface area contributed by atoms with Crippen molar-refractivity contribution in [1.29, 1.82) is 0 Å². The number of amides is 1. The van der Waals surface area contributed by atoms with Crippen molar-refractivity contribution in [2.24, 2.45) is 0 Å². The fraction of sp³-hybridized carbons (Fsp3) is 0.105. The normalized spacial score (nSPS) is 10.6. The molecule has 0 aliphatic rings. The van der Waals surface area contributed by atoms with Crippen molar-refractivity contribution in [3.63, 3.8) is 0 Å². The summed E-state index contributed by atoms with van der Waals surface area (Å²) in [7, 11) is 0. The topological polar surface area (TPSA) is 121 Å². The molecule has 2 aromatic carbocycles. The first-order chi connectivity index (χ1) is 12.9. The van der Waals surface area contributed by atoms with Crippen molar-refractivity contribution >= 4 is 34.1 Å². The molecule has 3 aromatic rings. The first kappa shape index (κ1) is 18.0. The van der Waals surface area contributed by atoms with Gasteiger partial charge < -0.3 is 15.2 Å². The zero-order chi connectivity index (χ0) is 19.6. The number of aromatic nitrogens is 2. The minimum Gasteiger partial charge on any atom is -0.543 e. The van der Waals surface area contributed by atoms with E-state index in [1.807, 2.05) is 0 Å². The molecule has 0 bridgehead atoms. The summed E-state index contributed by atoms with van der Waals surface area (Å²) in [5.41, 5.74) is -0.213. The summed E-state index contributed by atoms with van der Waals surface area (Å²) in [6.45, 7) is 0.912. The van der Waals surface area contributed by atoms with Gasteiger partial charge in [0.2, 0.25) is 5.91 Å². The van der Waals surface area contributed by atoms with Gasteiger partial charge in [-0.25, -0.2) is 4.68 Å². The molecule has 0 aliphatic heterocycles. The first-order valence-electron chi connectivity index (χ1n) is 7.99. The molecule has 0 radical (unpaired) electrons. The molecule has 3 rings (SSSR count). The van der Waals surface area contributed by atoms with Crippen molar-refractivity contribution in [3.05, 3.63) is 70.1 Å². The fourth-order valence-electron chi connectivity index (χ4n) is 2.65. The number of rotatable bonds is 5. The number of hydrogen-bond donors (Lipinski definition) is 1. The molecule has 27 heavy (non-hydrogen) atoms. The maximum absolute atomic E-state index is 12.5. The van der Waals surface area contributed by atoms with Crippen LogP contribution in [0.5, 0.6) is 0 Å². The van der Waals surface area contributed by atoms with Crippen molar-refractivity contribution in [2.75, 3.05) is 5.32 Å². The molecule has 0 spiro atoms. The lowest BCUT2D eigenvalue weighted by Gasteiger charge is -2.12. The highest BCUT2D eigenvalue weighted by atomic mass is 16.4. The van der Waals surface area contributed by atoms with Crippen LogP contribution in [0.15, 0.2) is 53.3 Å². The van der Waals surface area contributed by atoms with E-state index in [1.165, 1.54) is 25.1 Å². The number of carboxylic acids is 1. The summed E-state index contributed by atoms with van der Waals surface area (Å²) in [4.78, 5) is 47.5. The average Bonchev–Trinajstić information content (AvgIpc) is 2.64. The van der Waals surface area contributed by atoms with E-state index < -0.39 is 29.7 Å². The van der Waals surface area contributed by atoms with Gasteiger partial charge in [0, 0.05) is 16.6 Å². The van der Waals surface area contributed by atoms with Gasteiger partial charge in [-0.1, -0.05) is 30.3 Å². The average molecular weight is 364 g/mol. The summed E-state index contributed by atoms with van der Waals surface area (Å²) in [5.74, 6) is -2.29. The Morgan fingerprint density at radius 1 is 1.07 bits per heavy atom. The van der Waals surface area contributed by atoms with Crippen LogP contribution in [0.2, 0.25) is 0 Å². The number of hydrogen-bond acceptors (Lipinski definition) is 6. The van der Waals surface area contributed by atoms with Crippen LogP contribution in [0.4, 0.5) is 5.69 Å². The van der Waals surface area contributed by atoms with Crippen LogP contribution in [0.1, 0.15) is 27.8 Å². The molecule has 0 atom stereocenters. The Labute approximate surface area is 153 Å². The number of carboxylic acid groups (broad SMARTS) is 1. The number of nitrogens with zero attached hydrogens (tertiary/aromatic N) is 2. The van der Waals surface area contributed by atoms with E-state index in [1.54, 1.807) is 30.3 Å². The number of anilines is 1. The van der Waals surface area contributed by atoms with Crippen LogP contribution in [0.25, 0.3) is 10.8 Å². The third kappa shape index (κ3) is 3.74. The fourth-order valence-corrected chi connectivity index (χ4v) is 2.65. The van der Waals surface area contributed by atoms with E-state index in [4.69, 9.17) is 0 Å². The van der Waals surface area contributed by atoms with Gasteiger partial charge in [0.05, 0.1) is 11.4 Å². The molecule has 0 saturated carbocycles. The van der Waals surface area contributed by atoms with Gasteiger partial charge >= 0.3 is 0 Å². The van der Waals surface area contributed by atoms with E-state index in [0.717, 1.165) is 4.68 Å². The molecule has 1 heterocycles. The summed E-state index contributed by atoms with van der Waals surface area (Å²) >= 11 is 0. The number of carbonyl (C=O) groups excluding carboxylic acids is 3. The Hall–Kier alpha value is -3.81. The van der Waals surface area contributed by atoms with Gasteiger partial charge in [0.25, 0.3) is 5.56 Å². The van der Waals surface area contributed by atoms with Gasteiger partial charge in [-0.2, -0.15) is 5.10 Å². The predicted octanol–water partition coefficient (Wildman–Crippen LogP) is 0.601. The highest BCUT2D eigenvalue weighted by molar-refractivity contribution is 6.00. The highest BCUT2D eigenvalue weighted by Gasteiger charge is 2.14. The van der Waals surface area contributed by atoms with Gasteiger partial charge in [0.1, 0.15) is 12.2 Å². The smallest absolute Gasteiger partial charge is 0.275 e. The lowest BCUT2D eigenvalue weighted by molar-refractivity contribution is -0.255. The number of fused-ring (bicyclic) bond motifs is 1. The molecule has 1 N–H and O–H groups in total. The molecular weight excluding hydrogens is 350 g/mol. The lowest BCUT2D eigenvalue weighted by Crippen LogP contribution is -2.34. The molecule has 0 fully saturated rings. The van der Waals surface area contributed by atoms with Crippen molar-refractivity contribution in [3.8, 4) is 0 Å². The van der Waals surface area contributed by atoms with E-state index in [0.29, 0.717) is 11.3 Å². The minimum atomic E-state index is -1.55. The van der Waals surface area contributed by atoms with Gasteiger partial charge in [-0.3, -0.25) is 14.4 Å². The highest BCUT2D eigenvalue weighted by Crippen LogP contribution is 2.13. The Morgan fingerprint density at radius 3 is 2.44 bits per heavy atom.